The zero-order chi connectivity index (χ0) is 14.6. The second-order valence-electron chi connectivity index (χ2n) is 4.13. The molecule has 20 heavy (non-hydrogen) atoms. The van der Waals surface area contributed by atoms with Gasteiger partial charge in [0.2, 0.25) is 5.88 Å². The van der Waals surface area contributed by atoms with Crippen LogP contribution in [0, 0.1) is 0 Å². The number of ether oxygens (including phenoxy) is 1. The third-order valence-electron chi connectivity index (χ3n) is 2.62. The molecule has 1 aromatic carbocycles. The lowest BCUT2D eigenvalue weighted by Gasteiger charge is -2.09. The van der Waals surface area contributed by atoms with E-state index in [1.54, 1.807) is 18.3 Å². The summed E-state index contributed by atoms with van der Waals surface area (Å²) in [6, 6.07) is 7.83. The van der Waals surface area contributed by atoms with Gasteiger partial charge in [-0.3, -0.25) is 0 Å². The number of hydrogen-bond donors (Lipinski definition) is 0. The number of nitrogens with one attached hydrogen (secondary N) is 1. The lowest BCUT2D eigenvalue weighted by Crippen LogP contribution is -2.04. The average Bonchev–Trinajstić information content (AvgIpc) is 2.41. The summed E-state index contributed by atoms with van der Waals surface area (Å²) in [4.78, 5) is 4.04. The second-order valence-corrected chi connectivity index (χ2v) is 4.13. The molecule has 0 saturated carbocycles. The van der Waals surface area contributed by atoms with Crippen molar-refractivity contribution in [3.05, 3.63) is 59.5 Å². The first-order chi connectivity index (χ1) is 9.49. The van der Waals surface area contributed by atoms with Gasteiger partial charge in [0.1, 0.15) is 5.75 Å². The fourth-order valence-corrected chi connectivity index (χ4v) is 1.60. The van der Waals surface area contributed by atoms with Crippen molar-refractivity contribution >= 4 is 0 Å². The largest absolute Gasteiger partial charge is 0.677 e. The normalized spacial score (nSPS) is 11.4. The van der Waals surface area contributed by atoms with Crippen LogP contribution in [0.4, 0.5) is 13.2 Å². The highest BCUT2D eigenvalue weighted by atomic mass is 19.4. The lowest BCUT2D eigenvalue weighted by atomic mass is 10.2. The summed E-state index contributed by atoms with van der Waals surface area (Å²) in [5.41, 5.74) is 7.29. The van der Waals surface area contributed by atoms with E-state index >= 15 is 0 Å². The maximum absolute atomic E-state index is 12.4. The van der Waals surface area contributed by atoms with Gasteiger partial charge in [-0.15, -0.1) is 6.54 Å². The van der Waals surface area contributed by atoms with Gasteiger partial charge in [-0.05, 0) is 36.2 Å². The minimum atomic E-state index is -4.35. The van der Waals surface area contributed by atoms with Crippen molar-refractivity contribution in [3.8, 4) is 11.6 Å². The van der Waals surface area contributed by atoms with Crippen molar-refractivity contribution in [3.63, 3.8) is 0 Å². The summed E-state index contributed by atoms with van der Waals surface area (Å²) in [5.74, 6) is 0.595. The minimum Gasteiger partial charge on any atom is -0.677 e. The molecule has 0 fully saturated rings. The second kappa shape index (κ2) is 5.92. The molecule has 0 atom stereocenters. The quantitative estimate of drug-likeness (QED) is 0.829. The molecule has 1 heterocycles. The maximum Gasteiger partial charge on any atom is 0.416 e. The van der Waals surface area contributed by atoms with Crippen LogP contribution in [-0.4, -0.2) is 11.5 Å². The van der Waals surface area contributed by atoms with Crippen LogP contribution in [0.3, 0.4) is 0 Å². The zero-order valence-electron chi connectivity index (χ0n) is 10.4. The molecule has 0 amide bonds. The number of benzene rings is 1. The Morgan fingerprint density at radius 1 is 1.05 bits per heavy atom. The van der Waals surface area contributed by atoms with E-state index in [9.17, 15) is 13.2 Å². The van der Waals surface area contributed by atoms with E-state index in [0.29, 0.717) is 18.1 Å². The predicted molar refractivity (Wildman–Crippen MR) is 68.6 cm³/mol. The van der Waals surface area contributed by atoms with Crippen LogP contribution in [0.2, 0.25) is 0 Å². The third-order valence-corrected chi connectivity index (χ3v) is 2.62. The van der Waals surface area contributed by atoms with Gasteiger partial charge in [-0.2, -0.15) is 13.2 Å². The van der Waals surface area contributed by atoms with Crippen LogP contribution >= 0.6 is 0 Å². The van der Waals surface area contributed by atoms with Crippen molar-refractivity contribution in [2.45, 2.75) is 12.6 Å². The number of hydrogen-bond acceptors (Lipinski definition) is 2. The van der Waals surface area contributed by atoms with Crippen molar-refractivity contribution < 1.29 is 17.9 Å². The fourth-order valence-electron chi connectivity index (χ4n) is 1.60. The molecule has 0 spiro atoms. The Hall–Kier alpha value is -2.08. The highest BCUT2D eigenvalue weighted by Gasteiger charge is 2.30. The highest BCUT2D eigenvalue weighted by Crippen LogP contribution is 2.31. The number of halogens is 3. The lowest BCUT2D eigenvalue weighted by molar-refractivity contribution is -0.137. The van der Waals surface area contributed by atoms with Crippen LogP contribution in [0.1, 0.15) is 11.1 Å². The van der Waals surface area contributed by atoms with E-state index in [-0.39, 0.29) is 6.54 Å². The molecule has 6 heteroatoms. The van der Waals surface area contributed by atoms with E-state index in [4.69, 9.17) is 10.5 Å². The molecular formula is C14H12F3N2O-. The number of aromatic nitrogens is 1. The van der Waals surface area contributed by atoms with E-state index < -0.39 is 11.7 Å². The van der Waals surface area contributed by atoms with Crippen molar-refractivity contribution in [1.82, 2.24) is 4.98 Å². The average molecular weight is 281 g/mol. The minimum absolute atomic E-state index is 0.279. The molecule has 1 N–H and O–H groups in total. The molecule has 3 nitrogen and oxygen atoms in total. The first-order valence-corrected chi connectivity index (χ1v) is 5.93. The molecule has 0 aliphatic rings. The smallest absolute Gasteiger partial charge is 0.416 e. The Bertz CT molecular complexity index is 550. The summed E-state index contributed by atoms with van der Waals surface area (Å²) in [5, 5.41) is 0. The highest BCUT2D eigenvalue weighted by molar-refractivity contribution is 5.32. The number of pyridine rings is 1. The molecule has 0 bridgehead atoms. The predicted octanol–water partition coefficient (Wildman–Crippen LogP) is 4.49. The Balaban J connectivity index is 2.06. The molecule has 0 unspecified atom stereocenters. The van der Waals surface area contributed by atoms with Gasteiger partial charge in [-0.25, -0.2) is 4.98 Å². The first-order valence-electron chi connectivity index (χ1n) is 5.93. The van der Waals surface area contributed by atoms with Gasteiger partial charge < -0.3 is 10.5 Å². The van der Waals surface area contributed by atoms with Gasteiger partial charge in [0, 0.05) is 12.3 Å². The Morgan fingerprint density at radius 2 is 1.75 bits per heavy atom. The van der Waals surface area contributed by atoms with E-state index in [1.165, 1.54) is 12.1 Å². The molecule has 0 radical (unpaired) electrons. The number of nitrogens with zero attached hydrogens (tertiary/aromatic N) is 1. The third kappa shape index (κ3) is 3.71. The SMILES string of the molecule is [NH-]CCc1ccc(Oc2ccc(C(F)(F)F)cc2)nc1. The summed E-state index contributed by atoms with van der Waals surface area (Å²) in [6.07, 6.45) is -2.16. The Labute approximate surface area is 114 Å². The van der Waals surface area contributed by atoms with Crippen LogP contribution in [0.5, 0.6) is 11.6 Å². The molecule has 0 saturated heterocycles. The summed E-state index contributed by atoms with van der Waals surface area (Å²) >= 11 is 0. The van der Waals surface area contributed by atoms with Gasteiger partial charge in [-0.1, -0.05) is 6.07 Å². The molecular weight excluding hydrogens is 269 g/mol. The van der Waals surface area contributed by atoms with Crippen molar-refractivity contribution in [2.75, 3.05) is 6.54 Å². The standard InChI is InChI=1S/C14H12F3N2O/c15-14(16,17)11-2-4-12(5-3-11)20-13-6-1-10(7-8-18)9-19-13/h1-6,9,18H,7-8H2/q-1. The van der Waals surface area contributed by atoms with Gasteiger partial charge >= 0.3 is 6.18 Å². The molecule has 2 rings (SSSR count). The summed E-state index contributed by atoms with van der Waals surface area (Å²) in [7, 11) is 0. The molecule has 106 valence electrons. The van der Waals surface area contributed by atoms with E-state index in [0.717, 1.165) is 17.7 Å². The molecule has 0 aliphatic carbocycles. The van der Waals surface area contributed by atoms with Crippen LogP contribution in [0.15, 0.2) is 42.6 Å². The van der Waals surface area contributed by atoms with Crippen molar-refractivity contribution in [2.24, 2.45) is 0 Å². The monoisotopic (exact) mass is 281 g/mol. The summed E-state index contributed by atoms with van der Waals surface area (Å²) in [6.45, 7) is 0.279. The number of alkyl halides is 3. The Morgan fingerprint density at radius 3 is 2.25 bits per heavy atom. The zero-order valence-corrected chi connectivity index (χ0v) is 10.4. The van der Waals surface area contributed by atoms with Crippen LogP contribution in [-0.2, 0) is 12.6 Å². The maximum atomic E-state index is 12.4. The van der Waals surface area contributed by atoms with Crippen LogP contribution < -0.4 is 4.74 Å². The van der Waals surface area contributed by atoms with Crippen molar-refractivity contribution in [1.29, 1.82) is 0 Å². The van der Waals surface area contributed by atoms with Gasteiger partial charge in [0.15, 0.2) is 0 Å². The first kappa shape index (κ1) is 14.3. The Kier molecular flexibility index (Phi) is 4.24. The summed E-state index contributed by atoms with van der Waals surface area (Å²) < 4.78 is 42.5. The topological polar surface area (TPSA) is 45.9 Å². The van der Waals surface area contributed by atoms with E-state index in [2.05, 4.69) is 4.98 Å². The van der Waals surface area contributed by atoms with Gasteiger partial charge in [0.05, 0.1) is 5.56 Å². The molecule has 2 aromatic rings. The van der Waals surface area contributed by atoms with E-state index in [1.807, 2.05) is 0 Å². The molecule has 1 aromatic heterocycles. The van der Waals surface area contributed by atoms with Gasteiger partial charge in [0.25, 0.3) is 0 Å². The molecule has 0 aliphatic heterocycles. The number of rotatable bonds is 4. The van der Waals surface area contributed by atoms with Crippen LogP contribution in [0.25, 0.3) is 5.73 Å². The fraction of sp³-hybridized carbons (Fsp3) is 0.214.